The molecule has 0 radical (unpaired) electrons. The van der Waals surface area contributed by atoms with E-state index in [9.17, 15) is 14.9 Å². The molecule has 0 aliphatic heterocycles. The molecular formula is C13H17NO4S. The molecule has 104 valence electrons. The number of nitrogens with zero attached hydrogens (tertiary/aromatic N) is 1. The van der Waals surface area contributed by atoms with E-state index in [1.807, 2.05) is 20.8 Å². The van der Waals surface area contributed by atoms with Gasteiger partial charge in [-0.25, -0.2) is 0 Å². The van der Waals surface area contributed by atoms with Gasteiger partial charge in [-0.05, 0) is 39.8 Å². The third-order valence-corrected chi connectivity index (χ3v) is 3.19. The molecule has 0 fully saturated rings. The lowest BCUT2D eigenvalue weighted by molar-refractivity contribution is -0.384. The molecule has 1 atom stereocenters. The van der Waals surface area contributed by atoms with Crippen molar-refractivity contribution in [3.05, 3.63) is 34.4 Å². The third-order valence-electron chi connectivity index (χ3n) is 2.10. The average molecular weight is 283 g/mol. The lowest BCUT2D eigenvalue weighted by Gasteiger charge is -2.22. The predicted octanol–water partition coefficient (Wildman–Crippen LogP) is 3.42. The smallest absolute Gasteiger partial charge is 0.319 e. The first-order chi connectivity index (χ1) is 8.69. The zero-order valence-electron chi connectivity index (χ0n) is 11.4. The minimum Gasteiger partial charge on any atom is -0.459 e. The summed E-state index contributed by atoms with van der Waals surface area (Å²) in [6.45, 7) is 7.19. The van der Waals surface area contributed by atoms with Crippen LogP contribution in [-0.4, -0.2) is 21.7 Å². The minimum absolute atomic E-state index is 0.0364. The highest BCUT2D eigenvalue weighted by Crippen LogP contribution is 2.26. The second-order valence-corrected chi connectivity index (χ2v) is 6.46. The Balaban J connectivity index is 2.64. The normalized spacial score (nSPS) is 12.8. The van der Waals surface area contributed by atoms with Gasteiger partial charge in [-0.2, -0.15) is 0 Å². The van der Waals surface area contributed by atoms with Crippen molar-refractivity contribution in [3.63, 3.8) is 0 Å². The van der Waals surface area contributed by atoms with E-state index in [2.05, 4.69) is 0 Å². The van der Waals surface area contributed by atoms with E-state index >= 15 is 0 Å². The molecule has 19 heavy (non-hydrogen) atoms. The number of hydrogen-bond acceptors (Lipinski definition) is 5. The molecule has 0 heterocycles. The molecule has 1 aromatic carbocycles. The molecule has 0 saturated carbocycles. The molecule has 0 amide bonds. The summed E-state index contributed by atoms with van der Waals surface area (Å²) in [5, 5.41) is 10.2. The number of thioether (sulfide) groups is 1. The van der Waals surface area contributed by atoms with E-state index in [1.165, 1.54) is 23.9 Å². The van der Waals surface area contributed by atoms with Crippen LogP contribution < -0.4 is 0 Å². The summed E-state index contributed by atoms with van der Waals surface area (Å²) >= 11 is 1.32. The molecule has 5 nitrogen and oxygen atoms in total. The second-order valence-electron chi connectivity index (χ2n) is 5.04. The third kappa shape index (κ3) is 5.30. The van der Waals surface area contributed by atoms with Crippen LogP contribution in [0.1, 0.15) is 27.7 Å². The Hall–Kier alpha value is -1.56. The monoisotopic (exact) mass is 283 g/mol. The van der Waals surface area contributed by atoms with Crippen molar-refractivity contribution in [2.75, 3.05) is 0 Å². The molecule has 6 heteroatoms. The number of ether oxygens (including phenoxy) is 1. The number of non-ortho nitro benzene ring substituents is 1. The summed E-state index contributed by atoms with van der Waals surface area (Å²) in [7, 11) is 0. The van der Waals surface area contributed by atoms with E-state index in [-0.39, 0.29) is 16.9 Å². The number of carbonyl (C=O) groups is 1. The highest BCUT2D eigenvalue weighted by Gasteiger charge is 2.22. The van der Waals surface area contributed by atoms with Crippen molar-refractivity contribution < 1.29 is 14.5 Å². The largest absolute Gasteiger partial charge is 0.459 e. The standard InChI is InChI=1S/C13H17NO4S/c1-9(12(15)18-13(2,3)4)19-11-7-5-10(6-8-11)14(16)17/h5-9H,1-4H3. The summed E-state index contributed by atoms with van der Waals surface area (Å²) in [4.78, 5) is 22.7. The maximum absolute atomic E-state index is 11.8. The summed E-state index contributed by atoms with van der Waals surface area (Å²) in [5.74, 6) is -0.296. The van der Waals surface area contributed by atoms with Crippen LogP contribution >= 0.6 is 11.8 Å². The van der Waals surface area contributed by atoms with Crippen molar-refractivity contribution in [1.82, 2.24) is 0 Å². The molecule has 0 aromatic heterocycles. The summed E-state index contributed by atoms with van der Waals surface area (Å²) in [6, 6.07) is 6.10. The number of carbonyl (C=O) groups excluding carboxylic acids is 1. The van der Waals surface area contributed by atoms with Gasteiger partial charge in [0, 0.05) is 17.0 Å². The maximum Gasteiger partial charge on any atom is 0.319 e. The molecule has 1 rings (SSSR count). The van der Waals surface area contributed by atoms with Crippen molar-refractivity contribution >= 4 is 23.4 Å². The van der Waals surface area contributed by atoms with Gasteiger partial charge < -0.3 is 4.74 Å². The second kappa shape index (κ2) is 6.06. The van der Waals surface area contributed by atoms with Crippen LogP contribution in [0.2, 0.25) is 0 Å². The van der Waals surface area contributed by atoms with Crippen molar-refractivity contribution in [2.24, 2.45) is 0 Å². The number of benzene rings is 1. The van der Waals surface area contributed by atoms with Crippen LogP contribution in [0.25, 0.3) is 0 Å². The van der Waals surface area contributed by atoms with Crippen LogP contribution in [0.5, 0.6) is 0 Å². The maximum atomic E-state index is 11.8. The van der Waals surface area contributed by atoms with Gasteiger partial charge in [0.2, 0.25) is 0 Å². The lowest BCUT2D eigenvalue weighted by Crippen LogP contribution is -2.28. The van der Waals surface area contributed by atoms with Gasteiger partial charge in [0.25, 0.3) is 5.69 Å². The Kier molecular flexibility index (Phi) is 4.94. The van der Waals surface area contributed by atoms with E-state index in [1.54, 1.807) is 19.1 Å². The fourth-order valence-electron chi connectivity index (χ4n) is 1.28. The van der Waals surface area contributed by atoms with Crippen LogP contribution in [0.3, 0.4) is 0 Å². The van der Waals surface area contributed by atoms with Gasteiger partial charge in [-0.3, -0.25) is 14.9 Å². The molecule has 0 bridgehead atoms. The summed E-state index contributed by atoms with van der Waals surface area (Å²) in [6.07, 6.45) is 0. The van der Waals surface area contributed by atoms with Crippen molar-refractivity contribution in [2.45, 2.75) is 43.4 Å². The van der Waals surface area contributed by atoms with Gasteiger partial charge in [-0.1, -0.05) is 0 Å². The van der Waals surface area contributed by atoms with Crippen LogP contribution in [0.4, 0.5) is 5.69 Å². The predicted molar refractivity (Wildman–Crippen MR) is 74.3 cm³/mol. The van der Waals surface area contributed by atoms with Gasteiger partial charge in [-0.15, -0.1) is 11.8 Å². The van der Waals surface area contributed by atoms with Crippen LogP contribution in [-0.2, 0) is 9.53 Å². The lowest BCUT2D eigenvalue weighted by atomic mass is 10.2. The van der Waals surface area contributed by atoms with Crippen LogP contribution in [0.15, 0.2) is 29.2 Å². The fourth-order valence-corrected chi connectivity index (χ4v) is 2.13. The van der Waals surface area contributed by atoms with E-state index in [0.29, 0.717) is 0 Å². The van der Waals surface area contributed by atoms with Crippen molar-refractivity contribution in [1.29, 1.82) is 0 Å². The molecular weight excluding hydrogens is 266 g/mol. The van der Waals surface area contributed by atoms with E-state index in [4.69, 9.17) is 4.74 Å². The minimum atomic E-state index is -0.513. The first-order valence-electron chi connectivity index (χ1n) is 5.83. The number of esters is 1. The van der Waals surface area contributed by atoms with Gasteiger partial charge >= 0.3 is 5.97 Å². The first kappa shape index (κ1) is 15.5. The average Bonchev–Trinajstić information content (AvgIpc) is 2.27. The van der Waals surface area contributed by atoms with Crippen LogP contribution in [0, 0.1) is 10.1 Å². The van der Waals surface area contributed by atoms with Gasteiger partial charge in [0.1, 0.15) is 10.9 Å². The number of nitro benzene ring substituents is 1. The van der Waals surface area contributed by atoms with Gasteiger partial charge in [0.15, 0.2) is 0 Å². The molecule has 0 spiro atoms. The fraction of sp³-hybridized carbons (Fsp3) is 0.462. The zero-order chi connectivity index (χ0) is 14.6. The summed E-state index contributed by atoms with van der Waals surface area (Å²) in [5.41, 5.74) is -0.476. The number of rotatable bonds is 4. The van der Waals surface area contributed by atoms with Gasteiger partial charge in [0.05, 0.1) is 4.92 Å². The SMILES string of the molecule is CC(Sc1ccc([N+](=O)[O-])cc1)C(=O)OC(C)(C)C. The molecule has 0 aliphatic rings. The number of nitro groups is 1. The number of hydrogen-bond donors (Lipinski definition) is 0. The first-order valence-corrected chi connectivity index (χ1v) is 6.71. The molecule has 0 N–H and O–H groups in total. The molecule has 1 aromatic rings. The Morgan fingerprint density at radius 2 is 1.84 bits per heavy atom. The quantitative estimate of drug-likeness (QED) is 0.366. The van der Waals surface area contributed by atoms with E-state index < -0.39 is 10.5 Å². The van der Waals surface area contributed by atoms with Crippen molar-refractivity contribution in [3.8, 4) is 0 Å². The molecule has 0 saturated heterocycles. The Labute approximate surface area is 116 Å². The topological polar surface area (TPSA) is 69.4 Å². The molecule has 0 aliphatic carbocycles. The highest BCUT2D eigenvalue weighted by atomic mass is 32.2. The van der Waals surface area contributed by atoms with E-state index in [0.717, 1.165) is 4.90 Å². The molecule has 1 unspecified atom stereocenters. The highest BCUT2D eigenvalue weighted by molar-refractivity contribution is 8.00. The Morgan fingerprint density at radius 1 is 1.32 bits per heavy atom. The zero-order valence-corrected chi connectivity index (χ0v) is 12.2. The summed E-state index contributed by atoms with van der Waals surface area (Å²) < 4.78 is 5.27. The Morgan fingerprint density at radius 3 is 2.26 bits per heavy atom. The Bertz CT molecular complexity index is 465.